The van der Waals surface area contributed by atoms with Gasteiger partial charge in [0.2, 0.25) is 0 Å². The smallest absolute Gasteiger partial charge is 0.120 e. The maximum atomic E-state index is 5.90. The van der Waals surface area contributed by atoms with E-state index in [2.05, 4.69) is 27.8 Å². The third-order valence-electron chi connectivity index (χ3n) is 3.68. The van der Waals surface area contributed by atoms with E-state index in [0.29, 0.717) is 0 Å². The van der Waals surface area contributed by atoms with Gasteiger partial charge in [-0.3, -0.25) is 4.98 Å². The molecule has 0 radical (unpaired) electrons. The highest BCUT2D eigenvalue weighted by molar-refractivity contribution is 6.08. The first-order valence-corrected chi connectivity index (χ1v) is 6.86. The second-order valence-corrected chi connectivity index (χ2v) is 5.19. The molecule has 0 aliphatic carbocycles. The summed E-state index contributed by atoms with van der Waals surface area (Å²) in [7, 11) is 1.69. The molecule has 0 bridgehead atoms. The molecular weight excluding hydrogens is 250 g/mol. The molecule has 1 unspecified atom stereocenters. The molecule has 0 amide bonds. The number of aromatic nitrogens is 2. The summed E-state index contributed by atoms with van der Waals surface area (Å²) >= 11 is 0. The summed E-state index contributed by atoms with van der Waals surface area (Å²) < 4.78 is 7.63. The van der Waals surface area contributed by atoms with Crippen molar-refractivity contribution in [2.45, 2.75) is 25.9 Å². The van der Waals surface area contributed by atoms with E-state index < -0.39 is 0 Å². The van der Waals surface area contributed by atoms with E-state index in [1.807, 2.05) is 25.4 Å². The highest BCUT2D eigenvalue weighted by Gasteiger charge is 2.11. The monoisotopic (exact) mass is 269 g/mol. The van der Waals surface area contributed by atoms with Crippen LogP contribution in [0.4, 0.5) is 0 Å². The molecule has 20 heavy (non-hydrogen) atoms. The van der Waals surface area contributed by atoms with E-state index in [0.717, 1.165) is 24.2 Å². The Bertz CT molecular complexity index is 746. The average Bonchev–Trinajstić information content (AvgIpc) is 2.78. The van der Waals surface area contributed by atoms with E-state index in [-0.39, 0.29) is 6.04 Å². The maximum absolute atomic E-state index is 5.90. The summed E-state index contributed by atoms with van der Waals surface area (Å²) in [4.78, 5) is 4.26. The zero-order valence-corrected chi connectivity index (χ0v) is 11.8. The highest BCUT2D eigenvalue weighted by atomic mass is 16.5. The largest absolute Gasteiger partial charge is 0.497 e. The molecule has 4 heteroatoms. The molecule has 104 valence electrons. The average molecular weight is 269 g/mol. The summed E-state index contributed by atoms with van der Waals surface area (Å²) in [5.74, 6) is 0.871. The molecule has 3 aromatic rings. The molecule has 0 saturated carbocycles. The molecule has 4 nitrogen and oxygen atoms in total. The number of benzene rings is 1. The first kappa shape index (κ1) is 12.9. The van der Waals surface area contributed by atoms with Crippen molar-refractivity contribution in [3.05, 3.63) is 36.7 Å². The van der Waals surface area contributed by atoms with Crippen molar-refractivity contribution in [1.82, 2.24) is 9.55 Å². The van der Waals surface area contributed by atoms with Crippen LogP contribution in [0.1, 0.15) is 13.3 Å². The fourth-order valence-electron chi connectivity index (χ4n) is 2.62. The lowest BCUT2D eigenvalue weighted by Crippen LogP contribution is -2.17. The fourth-order valence-corrected chi connectivity index (χ4v) is 2.62. The lowest BCUT2D eigenvalue weighted by molar-refractivity contribution is 0.415. The number of aryl methyl sites for hydroxylation is 1. The lowest BCUT2D eigenvalue weighted by atomic mass is 10.2. The van der Waals surface area contributed by atoms with Crippen LogP contribution in [0.15, 0.2) is 36.7 Å². The molecule has 2 heterocycles. The minimum Gasteiger partial charge on any atom is -0.497 e. The molecule has 1 atom stereocenters. The Morgan fingerprint density at radius 1 is 1.25 bits per heavy atom. The molecule has 0 aliphatic rings. The summed E-state index contributed by atoms with van der Waals surface area (Å²) in [6, 6.07) is 8.43. The Labute approximate surface area is 118 Å². The van der Waals surface area contributed by atoms with Gasteiger partial charge in [0.25, 0.3) is 0 Å². The van der Waals surface area contributed by atoms with Gasteiger partial charge in [-0.25, -0.2) is 0 Å². The number of nitrogens with zero attached hydrogens (tertiary/aromatic N) is 2. The Morgan fingerprint density at radius 2 is 2.05 bits per heavy atom. The Morgan fingerprint density at radius 3 is 2.80 bits per heavy atom. The van der Waals surface area contributed by atoms with Gasteiger partial charge in [-0.2, -0.15) is 0 Å². The second-order valence-electron chi connectivity index (χ2n) is 5.19. The van der Waals surface area contributed by atoms with Gasteiger partial charge < -0.3 is 15.0 Å². The van der Waals surface area contributed by atoms with Crippen LogP contribution >= 0.6 is 0 Å². The quantitative estimate of drug-likeness (QED) is 0.792. The molecule has 3 rings (SSSR count). The minimum atomic E-state index is 0.185. The zero-order valence-electron chi connectivity index (χ0n) is 11.8. The number of hydrogen-bond acceptors (Lipinski definition) is 3. The summed E-state index contributed by atoms with van der Waals surface area (Å²) in [5.41, 5.74) is 8.22. The van der Waals surface area contributed by atoms with Crippen LogP contribution < -0.4 is 10.5 Å². The SMILES string of the molecule is COc1ccc2c3ccncc3n(CCC(C)N)c2c1. The van der Waals surface area contributed by atoms with Gasteiger partial charge in [0.15, 0.2) is 0 Å². The van der Waals surface area contributed by atoms with Gasteiger partial charge in [-0.1, -0.05) is 0 Å². The van der Waals surface area contributed by atoms with E-state index >= 15 is 0 Å². The van der Waals surface area contributed by atoms with Crippen LogP contribution in [-0.2, 0) is 6.54 Å². The van der Waals surface area contributed by atoms with Crippen molar-refractivity contribution in [2.75, 3.05) is 7.11 Å². The third-order valence-corrected chi connectivity index (χ3v) is 3.68. The number of methoxy groups -OCH3 is 1. The van der Waals surface area contributed by atoms with Crippen molar-refractivity contribution in [1.29, 1.82) is 0 Å². The number of hydrogen-bond donors (Lipinski definition) is 1. The van der Waals surface area contributed by atoms with Gasteiger partial charge in [0.05, 0.1) is 24.3 Å². The Balaban J connectivity index is 2.25. The predicted molar refractivity (Wildman–Crippen MR) is 82.1 cm³/mol. The first-order chi connectivity index (χ1) is 9.70. The Kier molecular flexibility index (Phi) is 3.32. The van der Waals surface area contributed by atoms with Crippen LogP contribution in [0.25, 0.3) is 21.8 Å². The summed E-state index contributed by atoms with van der Waals surface area (Å²) in [5, 5.41) is 2.45. The van der Waals surface area contributed by atoms with E-state index in [1.54, 1.807) is 7.11 Å². The van der Waals surface area contributed by atoms with Crippen molar-refractivity contribution in [3.63, 3.8) is 0 Å². The topological polar surface area (TPSA) is 53.1 Å². The molecule has 0 aliphatic heterocycles. The van der Waals surface area contributed by atoms with Crippen LogP contribution in [-0.4, -0.2) is 22.7 Å². The van der Waals surface area contributed by atoms with Crippen molar-refractivity contribution in [3.8, 4) is 5.75 Å². The molecule has 0 spiro atoms. The third kappa shape index (κ3) is 2.12. The van der Waals surface area contributed by atoms with Crippen molar-refractivity contribution >= 4 is 21.8 Å². The molecular formula is C16H19N3O. The number of fused-ring (bicyclic) bond motifs is 3. The van der Waals surface area contributed by atoms with Crippen molar-refractivity contribution in [2.24, 2.45) is 5.73 Å². The minimum absolute atomic E-state index is 0.185. The molecule has 0 fully saturated rings. The van der Waals surface area contributed by atoms with Gasteiger partial charge in [-0.15, -0.1) is 0 Å². The van der Waals surface area contributed by atoms with E-state index in [1.165, 1.54) is 16.3 Å². The van der Waals surface area contributed by atoms with E-state index in [9.17, 15) is 0 Å². The number of pyridine rings is 1. The lowest BCUT2D eigenvalue weighted by Gasteiger charge is -2.10. The van der Waals surface area contributed by atoms with Gasteiger partial charge in [-0.05, 0) is 31.5 Å². The summed E-state index contributed by atoms with van der Waals surface area (Å²) in [6.07, 6.45) is 4.69. The van der Waals surface area contributed by atoms with Gasteiger partial charge in [0, 0.05) is 35.6 Å². The maximum Gasteiger partial charge on any atom is 0.120 e. The summed E-state index contributed by atoms with van der Waals surface area (Å²) in [6.45, 7) is 2.92. The number of ether oxygens (including phenoxy) is 1. The standard InChI is InChI=1S/C16H19N3O/c1-11(17)6-8-19-15-9-12(20-2)3-4-13(15)14-5-7-18-10-16(14)19/h3-5,7,9-11H,6,8,17H2,1-2H3. The molecule has 2 aromatic heterocycles. The highest BCUT2D eigenvalue weighted by Crippen LogP contribution is 2.31. The first-order valence-electron chi connectivity index (χ1n) is 6.86. The van der Waals surface area contributed by atoms with Gasteiger partial charge in [0.1, 0.15) is 5.75 Å². The second kappa shape index (κ2) is 5.13. The van der Waals surface area contributed by atoms with Crippen LogP contribution in [0, 0.1) is 0 Å². The number of rotatable bonds is 4. The molecule has 2 N–H and O–H groups in total. The predicted octanol–water partition coefficient (Wildman–Crippen LogP) is 2.94. The van der Waals surface area contributed by atoms with Crippen LogP contribution in [0.2, 0.25) is 0 Å². The molecule has 1 aromatic carbocycles. The fraction of sp³-hybridized carbons (Fsp3) is 0.312. The molecule has 0 saturated heterocycles. The normalized spacial score (nSPS) is 12.9. The van der Waals surface area contributed by atoms with Crippen LogP contribution in [0.3, 0.4) is 0 Å². The van der Waals surface area contributed by atoms with E-state index in [4.69, 9.17) is 10.5 Å². The zero-order chi connectivity index (χ0) is 14.1. The number of nitrogens with two attached hydrogens (primary N) is 1. The van der Waals surface area contributed by atoms with Crippen LogP contribution in [0.5, 0.6) is 5.75 Å². The van der Waals surface area contributed by atoms with Gasteiger partial charge >= 0.3 is 0 Å². The Hall–Kier alpha value is -2.07. The van der Waals surface area contributed by atoms with Crippen molar-refractivity contribution < 1.29 is 4.74 Å².